The average Bonchev–Trinajstić information content (AvgIpc) is 3.35. The number of likely N-dealkylation sites (tertiary alicyclic amines) is 1. The summed E-state index contributed by atoms with van der Waals surface area (Å²) in [6, 6.07) is 4.55. The van der Waals surface area contributed by atoms with Gasteiger partial charge in [-0.2, -0.15) is 15.0 Å². The Labute approximate surface area is 224 Å². The summed E-state index contributed by atoms with van der Waals surface area (Å²) in [5.74, 6) is 1.37. The van der Waals surface area contributed by atoms with Gasteiger partial charge in [-0.05, 0) is 64.5 Å². The second-order valence-electron chi connectivity index (χ2n) is 11.0. The van der Waals surface area contributed by atoms with Crippen LogP contribution in [0.5, 0.6) is 5.75 Å². The predicted octanol–water partition coefficient (Wildman–Crippen LogP) is 5.57. The Kier molecular flexibility index (Phi) is 9.06. The van der Waals surface area contributed by atoms with Crippen molar-refractivity contribution >= 4 is 29.6 Å². The molecule has 2 aliphatic rings. The third-order valence-electron chi connectivity index (χ3n) is 6.82. The van der Waals surface area contributed by atoms with Crippen molar-refractivity contribution in [2.24, 2.45) is 5.92 Å². The molecule has 1 aromatic heterocycles. The van der Waals surface area contributed by atoms with Crippen LogP contribution < -0.4 is 20.7 Å². The molecule has 2 aromatic rings. The number of rotatable bonds is 9. The number of hydrogen-bond acceptors (Lipinski definition) is 9. The molecule has 0 spiro atoms. The molecule has 1 unspecified atom stereocenters. The van der Waals surface area contributed by atoms with Crippen molar-refractivity contribution in [2.45, 2.75) is 77.4 Å². The van der Waals surface area contributed by atoms with Crippen molar-refractivity contribution in [1.29, 1.82) is 0 Å². The molecule has 1 amide bonds. The molecule has 2 fully saturated rings. The lowest BCUT2D eigenvalue weighted by Gasteiger charge is -2.28. The Bertz CT molecular complexity index is 1090. The summed E-state index contributed by atoms with van der Waals surface area (Å²) < 4.78 is 24.8. The molecular weight excluding hydrogens is 489 g/mol. The fourth-order valence-corrected chi connectivity index (χ4v) is 4.91. The van der Waals surface area contributed by atoms with Crippen molar-refractivity contribution in [3.8, 4) is 5.75 Å². The number of carbonyl (C=O) groups excluding carboxylic acids is 1. The predicted molar refractivity (Wildman–Crippen MR) is 146 cm³/mol. The van der Waals surface area contributed by atoms with Gasteiger partial charge in [0.25, 0.3) is 0 Å². The van der Waals surface area contributed by atoms with E-state index < -0.39 is 11.4 Å². The average molecular weight is 530 g/mol. The Balaban J connectivity index is 1.47. The Morgan fingerprint density at radius 3 is 2.34 bits per heavy atom. The quantitative estimate of drug-likeness (QED) is 0.384. The summed E-state index contributed by atoms with van der Waals surface area (Å²) in [7, 11) is 1.42. The first-order valence-electron chi connectivity index (χ1n) is 13.5. The van der Waals surface area contributed by atoms with Crippen molar-refractivity contribution in [1.82, 2.24) is 19.9 Å². The van der Waals surface area contributed by atoms with Crippen LogP contribution in [-0.2, 0) is 4.74 Å². The number of aromatic nitrogens is 3. The zero-order valence-electron chi connectivity index (χ0n) is 22.8. The van der Waals surface area contributed by atoms with E-state index >= 15 is 0 Å². The molecule has 1 aliphatic heterocycles. The van der Waals surface area contributed by atoms with Gasteiger partial charge in [0, 0.05) is 31.4 Å². The van der Waals surface area contributed by atoms with Crippen LogP contribution in [0.25, 0.3) is 0 Å². The molecule has 1 atom stereocenters. The Morgan fingerprint density at radius 1 is 1.00 bits per heavy atom. The highest BCUT2D eigenvalue weighted by Crippen LogP contribution is 2.26. The van der Waals surface area contributed by atoms with Gasteiger partial charge < -0.3 is 30.3 Å². The van der Waals surface area contributed by atoms with E-state index in [9.17, 15) is 9.18 Å². The van der Waals surface area contributed by atoms with Crippen LogP contribution in [0, 0.1) is 11.7 Å². The molecule has 3 N–H and O–H groups in total. The van der Waals surface area contributed by atoms with Gasteiger partial charge in [-0.25, -0.2) is 9.18 Å². The van der Waals surface area contributed by atoms with E-state index in [2.05, 4.69) is 30.9 Å². The maximum Gasteiger partial charge on any atom is 0.410 e. The van der Waals surface area contributed by atoms with Crippen LogP contribution >= 0.6 is 0 Å². The third-order valence-corrected chi connectivity index (χ3v) is 6.82. The first-order valence-corrected chi connectivity index (χ1v) is 13.5. The van der Waals surface area contributed by atoms with Crippen LogP contribution in [0.15, 0.2) is 18.2 Å². The number of nitrogens with zero attached hydrogens (tertiary/aromatic N) is 4. The van der Waals surface area contributed by atoms with E-state index in [-0.39, 0.29) is 23.8 Å². The normalized spacial score (nSPS) is 18.2. The van der Waals surface area contributed by atoms with Gasteiger partial charge >= 0.3 is 6.09 Å². The number of benzene rings is 1. The van der Waals surface area contributed by atoms with Crippen molar-refractivity contribution < 1.29 is 18.7 Å². The van der Waals surface area contributed by atoms with E-state index in [0.29, 0.717) is 36.6 Å². The molecule has 2 heterocycles. The van der Waals surface area contributed by atoms with E-state index in [1.165, 1.54) is 45.3 Å². The molecule has 1 aliphatic carbocycles. The Hall–Kier alpha value is -3.37. The minimum absolute atomic E-state index is 0.0349. The molecule has 1 aromatic carbocycles. The zero-order valence-corrected chi connectivity index (χ0v) is 22.8. The minimum atomic E-state index is -0.549. The first kappa shape index (κ1) is 27.7. The molecule has 208 valence electrons. The summed E-state index contributed by atoms with van der Waals surface area (Å²) in [6.45, 7) is 7.51. The molecule has 38 heavy (non-hydrogen) atoms. The lowest BCUT2D eigenvalue weighted by atomic mass is 9.89. The van der Waals surface area contributed by atoms with Crippen molar-refractivity contribution in [3.63, 3.8) is 0 Å². The van der Waals surface area contributed by atoms with Crippen LogP contribution in [-0.4, -0.2) is 64.3 Å². The SMILES string of the molecule is COc1ccc(Nc2nc(NCC3CCCCC3)nc(NCC3CCCN3C(=O)OC(C)(C)C)n2)cc1F. The molecular formula is C27H40FN7O3. The van der Waals surface area contributed by atoms with E-state index in [1.54, 1.807) is 17.0 Å². The highest BCUT2D eigenvalue weighted by atomic mass is 19.1. The zero-order chi connectivity index (χ0) is 27.1. The topological polar surface area (TPSA) is 114 Å². The smallest absolute Gasteiger partial charge is 0.410 e. The molecule has 0 radical (unpaired) electrons. The number of anilines is 4. The standard InChI is InChI=1S/C27H40FN7O3/c1-27(2,3)38-26(36)35-14-8-11-20(35)17-30-24-32-23(29-16-18-9-6-5-7-10-18)33-25(34-24)31-19-12-13-22(37-4)21(28)15-19/h12-13,15,18,20H,5-11,14,16-17H2,1-4H3,(H3,29,30,31,32,33,34). The largest absolute Gasteiger partial charge is 0.494 e. The summed E-state index contributed by atoms with van der Waals surface area (Å²) >= 11 is 0. The van der Waals surface area contributed by atoms with Gasteiger partial charge in [0.2, 0.25) is 17.8 Å². The number of nitrogens with one attached hydrogen (secondary N) is 3. The van der Waals surface area contributed by atoms with Gasteiger partial charge in [-0.3, -0.25) is 0 Å². The molecule has 11 heteroatoms. The van der Waals surface area contributed by atoms with Crippen molar-refractivity contribution in [3.05, 3.63) is 24.0 Å². The fourth-order valence-electron chi connectivity index (χ4n) is 4.91. The second kappa shape index (κ2) is 12.4. The van der Waals surface area contributed by atoms with Gasteiger partial charge in [0.15, 0.2) is 11.6 Å². The number of methoxy groups -OCH3 is 1. The van der Waals surface area contributed by atoms with E-state index in [0.717, 1.165) is 19.4 Å². The number of ether oxygens (including phenoxy) is 2. The minimum Gasteiger partial charge on any atom is -0.494 e. The molecule has 10 nitrogen and oxygen atoms in total. The van der Waals surface area contributed by atoms with Crippen molar-refractivity contribution in [2.75, 3.05) is 42.7 Å². The third kappa shape index (κ3) is 7.82. The van der Waals surface area contributed by atoms with Gasteiger partial charge in [0.1, 0.15) is 5.60 Å². The van der Waals surface area contributed by atoms with E-state index in [4.69, 9.17) is 9.47 Å². The van der Waals surface area contributed by atoms with E-state index in [1.807, 2.05) is 20.8 Å². The maximum atomic E-state index is 14.3. The molecule has 1 saturated carbocycles. The first-order chi connectivity index (χ1) is 18.2. The van der Waals surface area contributed by atoms with Gasteiger partial charge in [-0.1, -0.05) is 19.3 Å². The summed E-state index contributed by atoms with van der Waals surface area (Å²) in [5, 5.41) is 9.73. The number of hydrogen-bond donors (Lipinski definition) is 3. The summed E-state index contributed by atoms with van der Waals surface area (Å²) in [4.78, 5) is 28.1. The van der Waals surface area contributed by atoms with Crippen LogP contribution in [0.2, 0.25) is 0 Å². The monoisotopic (exact) mass is 529 g/mol. The molecule has 1 saturated heterocycles. The number of carbonyl (C=O) groups is 1. The number of amides is 1. The summed E-state index contributed by atoms with van der Waals surface area (Å²) in [5.41, 5.74) is -0.0581. The lowest BCUT2D eigenvalue weighted by molar-refractivity contribution is 0.0235. The van der Waals surface area contributed by atoms with Crippen LogP contribution in [0.4, 0.5) is 32.7 Å². The lowest BCUT2D eigenvalue weighted by Crippen LogP contribution is -2.42. The highest BCUT2D eigenvalue weighted by molar-refractivity contribution is 5.69. The summed E-state index contributed by atoms with van der Waals surface area (Å²) in [6.07, 6.45) is 7.65. The fraction of sp³-hybridized carbons (Fsp3) is 0.630. The maximum absolute atomic E-state index is 14.3. The van der Waals surface area contributed by atoms with Gasteiger partial charge in [0.05, 0.1) is 13.2 Å². The molecule has 0 bridgehead atoms. The number of halogens is 1. The van der Waals surface area contributed by atoms with Gasteiger partial charge in [-0.15, -0.1) is 0 Å². The second-order valence-corrected chi connectivity index (χ2v) is 11.0. The van der Waals surface area contributed by atoms with Crippen LogP contribution in [0.1, 0.15) is 65.7 Å². The molecule has 4 rings (SSSR count). The highest BCUT2D eigenvalue weighted by Gasteiger charge is 2.32. The van der Waals surface area contributed by atoms with Crippen LogP contribution in [0.3, 0.4) is 0 Å². The Morgan fingerprint density at radius 2 is 1.68 bits per heavy atom.